The minimum Gasteiger partial charge on any atom is -0.478 e. The summed E-state index contributed by atoms with van der Waals surface area (Å²) in [4.78, 5) is 11.2. The lowest BCUT2D eigenvalue weighted by molar-refractivity contribution is 0.0698. The average molecular weight is 254 g/mol. The second-order valence-corrected chi connectivity index (χ2v) is 5.27. The highest BCUT2D eigenvalue weighted by Gasteiger charge is 2.29. The zero-order chi connectivity index (χ0) is 12.5. The number of halogens is 1. The van der Waals surface area contributed by atoms with Crippen LogP contribution in [0.15, 0.2) is 18.2 Å². The molecule has 0 atom stereocenters. The van der Waals surface area contributed by atoms with Crippen molar-refractivity contribution in [3.05, 3.63) is 28.8 Å². The Morgan fingerprint density at radius 2 is 2.06 bits per heavy atom. The molecule has 1 saturated carbocycles. The maximum atomic E-state index is 11.2. The number of carbonyl (C=O) groups is 1. The number of aromatic carboxylic acids is 1. The minimum absolute atomic E-state index is 0.00508. The molecule has 4 heteroatoms. The van der Waals surface area contributed by atoms with Gasteiger partial charge in [0.05, 0.1) is 10.7 Å². The summed E-state index contributed by atoms with van der Waals surface area (Å²) in [5.41, 5.74) is 0.784. The van der Waals surface area contributed by atoms with E-state index >= 15 is 0 Å². The number of rotatable bonds is 3. The van der Waals surface area contributed by atoms with Gasteiger partial charge in [0.25, 0.3) is 0 Å². The van der Waals surface area contributed by atoms with Crippen molar-refractivity contribution in [3.8, 4) is 0 Å². The van der Waals surface area contributed by atoms with Crippen molar-refractivity contribution in [1.82, 2.24) is 0 Å². The molecule has 0 heterocycles. The van der Waals surface area contributed by atoms with Crippen LogP contribution < -0.4 is 5.32 Å². The van der Waals surface area contributed by atoms with Gasteiger partial charge in [-0.2, -0.15) is 0 Å². The van der Waals surface area contributed by atoms with Gasteiger partial charge in [-0.15, -0.1) is 0 Å². The number of carboxylic acid groups (broad SMARTS) is 1. The fourth-order valence-corrected chi connectivity index (χ4v) is 2.71. The van der Waals surface area contributed by atoms with Gasteiger partial charge in [-0.3, -0.25) is 0 Å². The molecule has 0 unspecified atom stereocenters. The van der Waals surface area contributed by atoms with E-state index in [0.717, 1.165) is 12.8 Å². The lowest BCUT2D eigenvalue weighted by Gasteiger charge is -2.27. The van der Waals surface area contributed by atoms with E-state index < -0.39 is 5.97 Å². The van der Waals surface area contributed by atoms with Crippen LogP contribution in [0.1, 0.15) is 43.0 Å². The number of hydrogen-bond acceptors (Lipinski definition) is 2. The molecule has 1 aromatic rings. The molecule has 1 fully saturated rings. The smallest absolute Gasteiger partial charge is 0.339 e. The maximum Gasteiger partial charge on any atom is 0.339 e. The molecule has 0 amide bonds. The zero-order valence-corrected chi connectivity index (χ0v) is 10.5. The third-order valence-electron chi connectivity index (χ3n) is 3.37. The Morgan fingerprint density at radius 3 is 2.65 bits per heavy atom. The molecule has 2 rings (SSSR count). The van der Waals surface area contributed by atoms with Crippen molar-refractivity contribution in [1.29, 1.82) is 0 Å². The molecule has 0 radical (unpaired) electrons. The van der Waals surface area contributed by atoms with Gasteiger partial charge < -0.3 is 10.4 Å². The predicted octanol–water partition coefficient (Wildman–Crippen LogP) is 3.78. The molecule has 1 aliphatic carbocycles. The fourth-order valence-electron chi connectivity index (χ4n) is 2.45. The average Bonchev–Trinajstić information content (AvgIpc) is 2.64. The predicted molar refractivity (Wildman–Crippen MR) is 68.9 cm³/mol. The van der Waals surface area contributed by atoms with Crippen molar-refractivity contribution < 1.29 is 9.90 Å². The summed E-state index contributed by atoms with van der Waals surface area (Å²) in [6, 6.07) is 5.15. The molecule has 0 spiro atoms. The highest BCUT2D eigenvalue weighted by Crippen LogP contribution is 2.35. The van der Waals surface area contributed by atoms with E-state index in [2.05, 4.69) is 12.2 Å². The highest BCUT2D eigenvalue weighted by atomic mass is 35.5. The molecule has 1 aliphatic rings. The van der Waals surface area contributed by atoms with E-state index in [4.69, 9.17) is 11.6 Å². The monoisotopic (exact) mass is 253 g/mol. The van der Waals surface area contributed by atoms with Gasteiger partial charge in [-0.1, -0.05) is 30.5 Å². The highest BCUT2D eigenvalue weighted by molar-refractivity contribution is 6.34. The Kier molecular flexibility index (Phi) is 3.29. The van der Waals surface area contributed by atoms with E-state index in [-0.39, 0.29) is 16.1 Å². The molecule has 0 aliphatic heterocycles. The van der Waals surface area contributed by atoms with Gasteiger partial charge in [-0.25, -0.2) is 4.79 Å². The van der Waals surface area contributed by atoms with E-state index in [1.807, 2.05) is 0 Å². The largest absolute Gasteiger partial charge is 0.478 e. The molecule has 92 valence electrons. The second kappa shape index (κ2) is 4.57. The molecule has 3 nitrogen and oxygen atoms in total. The first kappa shape index (κ1) is 12.2. The number of carboxylic acids is 1. The summed E-state index contributed by atoms with van der Waals surface area (Å²) in [5.74, 6) is -0.986. The maximum absolute atomic E-state index is 11.2. The Labute approximate surface area is 106 Å². The van der Waals surface area contributed by atoms with Crippen molar-refractivity contribution in [2.45, 2.75) is 38.1 Å². The normalized spacial score (nSPS) is 18.0. The van der Waals surface area contributed by atoms with Crippen LogP contribution in [0.4, 0.5) is 5.69 Å². The van der Waals surface area contributed by atoms with E-state index in [1.54, 1.807) is 18.2 Å². The quantitative estimate of drug-likeness (QED) is 0.862. The van der Waals surface area contributed by atoms with Gasteiger partial charge >= 0.3 is 5.97 Å². The molecule has 1 aromatic carbocycles. The number of anilines is 1. The van der Waals surface area contributed by atoms with Crippen molar-refractivity contribution in [2.75, 3.05) is 5.32 Å². The lowest BCUT2D eigenvalue weighted by Crippen LogP contribution is -2.31. The van der Waals surface area contributed by atoms with Gasteiger partial charge in [0.15, 0.2) is 0 Å². The van der Waals surface area contributed by atoms with E-state index in [1.165, 1.54) is 12.8 Å². The third kappa shape index (κ3) is 2.55. The van der Waals surface area contributed by atoms with Crippen LogP contribution in [-0.4, -0.2) is 16.6 Å². The molecular formula is C13H16ClNO2. The zero-order valence-electron chi connectivity index (χ0n) is 9.79. The summed E-state index contributed by atoms with van der Waals surface area (Å²) < 4.78 is 0. The minimum atomic E-state index is -0.986. The second-order valence-electron chi connectivity index (χ2n) is 4.86. The van der Waals surface area contributed by atoms with Crippen LogP contribution >= 0.6 is 11.6 Å². The van der Waals surface area contributed by atoms with Gasteiger partial charge in [0.1, 0.15) is 5.56 Å². The fraction of sp³-hybridized carbons (Fsp3) is 0.462. The third-order valence-corrected chi connectivity index (χ3v) is 3.69. The Morgan fingerprint density at radius 1 is 1.41 bits per heavy atom. The lowest BCUT2D eigenvalue weighted by atomic mass is 9.99. The number of benzene rings is 1. The summed E-state index contributed by atoms with van der Waals surface area (Å²) in [6.45, 7) is 2.13. The Balaban J connectivity index is 2.32. The van der Waals surface area contributed by atoms with Crippen LogP contribution in [0.25, 0.3) is 0 Å². The van der Waals surface area contributed by atoms with Crippen LogP contribution in [-0.2, 0) is 0 Å². The molecule has 0 aromatic heterocycles. The molecular weight excluding hydrogens is 238 g/mol. The van der Waals surface area contributed by atoms with Crippen molar-refractivity contribution >= 4 is 23.3 Å². The topological polar surface area (TPSA) is 49.3 Å². The summed E-state index contributed by atoms with van der Waals surface area (Å²) in [7, 11) is 0. The standard InChI is InChI=1S/C13H16ClNO2/c1-13(7-2-3-8-13)15-10-6-4-5-9(14)11(10)12(16)17/h4-6,15H,2-3,7-8H2,1H3,(H,16,17). The van der Waals surface area contributed by atoms with Crippen LogP contribution in [0.5, 0.6) is 0 Å². The summed E-state index contributed by atoms with van der Waals surface area (Å²) >= 11 is 5.93. The van der Waals surface area contributed by atoms with Crippen molar-refractivity contribution in [3.63, 3.8) is 0 Å². The first-order valence-corrected chi connectivity index (χ1v) is 6.20. The van der Waals surface area contributed by atoms with Crippen LogP contribution in [0.2, 0.25) is 5.02 Å². The van der Waals surface area contributed by atoms with Crippen LogP contribution in [0.3, 0.4) is 0 Å². The van der Waals surface area contributed by atoms with E-state index in [0.29, 0.717) is 5.69 Å². The number of hydrogen-bond donors (Lipinski definition) is 2. The Bertz CT molecular complexity index is 439. The SMILES string of the molecule is CC1(Nc2cccc(Cl)c2C(=O)O)CCCC1. The van der Waals surface area contributed by atoms with Gasteiger partial charge in [-0.05, 0) is 31.9 Å². The molecule has 0 saturated heterocycles. The first-order valence-electron chi connectivity index (χ1n) is 5.82. The summed E-state index contributed by atoms with van der Waals surface area (Å²) in [6.07, 6.45) is 4.51. The van der Waals surface area contributed by atoms with Gasteiger partial charge in [0.2, 0.25) is 0 Å². The van der Waals surface area contributed by atoms with Crippen molar-refractivity contribution in [2.24, 2.45) is 0 Å². The Hall–Kier alpha value is -1.22. The molecule has 0 bridgehead atoms. The van der Waals surface area contributed by atoms with Gasteiger partial charge in [0, 0.05) is 5.54 Å². The van der Waals surface area contributed by atoms with Crippen LogP contribution in [0, 0.1) is 0 Å². The summed E-state index contributed by atoms with van der Waals surface area (Å²) in [5, 5.41) is 12.8. The molecule has 2 N–H and O–H groups in total. The first-order chi connectivity index (χ1) is 8.02. The van der Waals surface area contributed by atoms with E-state index in [9.17, 15) is 9.90 Å². The number of nitrogens with one attached hydrogen (secondary N) is 1. The molecule has 17 heavy (non-hydrogen) atoms.